The number of fused-ring (bicyclic) bond motifs is 2. The topological polar surface area (TPSA) is 30.0 Å². The molecule has 15 heavy (non-hydrogen) atoms. The van der Waals surface area contributed by atoms with E-state index in [-0.39, 0.29) is 4.74 Å². The number of nitrogens with zero attached hydrogens (tertiary/aromatic N) is 1. The predicted molar refractivity (Wildman–Crippen MR) is 63.4 cm³/mol. The van der Waals surface area contributed by atoms with Gasteiger partial charge in [0, 0.05) is 16.3 Å². The summed E-state index contributed by atoms with van der Waals surface area (Å²) in [5.41, 5.74) is 0.937. The first kappa shape index (κ1) is 8.56. The molecule has 0 radical (unpaired) electrons. The lowest BCUT2D eigenvalue weighted by Gasteiger charge is -1.99. The van der Waals surface area contributed by atoms with Gasteiger partial charge in [-0.3, -0.25) is 9.78 Å². The van der Waals surface area contributed by atoms with E-state index in [0.717, 1.165) is 21.0 Å². The van der Waals surface area contributed by atoms with Crippen molar-refractivity contribution in [2.75, 3.05) is 0 Å². The lowest BCUT2D eigenvalue weighted by molar-refractivity contribution is 1.42. The number of benzene rings is 1. The Balaban J connectivity index is 2.53. The molecule has 2 heterocycles. The summed E-state index contributed by atoms with van der Waals surface area (Å²) in [6, 6.07) is 11.4. The van der Waals surface area contributed by atoms with Crippen molar-refractivity contribution < 1.29 is 0 Å². The second-order valence-corrected chi connectivity index (χ2v) is 4.39. The lowest BCUT2D eigenvalue weighted by atomic mass is 10.1. The molecule has 0 fully saturated rings. The average molecular weight is 213 g/mol. The van der Waals surface area contributed by atoms with Crippen molar-refractivity contribution in [1.82, 2.24) is 4.98 Å². The highest BCUT2D eigenvalue weighted by Crippen LogP contribution is 2.21. The molecule has 3 heteroatoms. The van der Waals surface area contributed by atoms with Crippen LogP contribution in [0.5, 0.6) is 0 Å². The van der Waals surface area contributed by atoms with Crippen LogP contribution in [0.4, 0.5) is 0 Å². The maximum Gasteiger partial charge on any atom is 0.232 e. The fourth-order valence-electron chi connectivity index (χ4n) is 1.64. The van der Waals surface area contributed by atoms with Gasteiger partial charge in [0.15, 0.2) is 0 Å². The van der Waals surface area contributed by atoms with Crippen LogP contribution in [0.15, 0.2) is 47.4 Å². The Bertz CT molecular complexity index is 702. The molecule has 0 spiro atoms. The molecule has 0 saturated heterocycles. The van der Waals surface area contributed by atoms with E-state index < -0.39 is 0 Å². The van der Waals surface area contributed by atoms with Crippen LogP contribution in [0.25, 0.3) is 21.0 Å². The first-order valence-electron chi connectivity index (χ1n) is 4.61. The Morgan fingerprint density at radius 1 is 1.07 bits per heavy atom. The van der Waals surface area contributed by atoms with Crippen molar-refractivity contribution in [2.24, 2.45) is 0 Å². The summed E-state index contributed by atoms with van der Waals surface area (Å²) in [7, 11) is 0. The summed E-state index contributed by atoms with van der Waals surface area (Å²) in [6.45, 7) is 0. The van der Waals surface area contributed by atoms with Crippen molar-refractivity contribution in [3.63, 3.8) is 0 Å². The minimum Gasteiger partial charge on any atom is -0.278 e. The van der Waals surface area contributed by atoms with Crippen LogP contribution in [0.3, 0.4) is 0 Å². The molecule has 0 aliphatic rings. The third kappa shape index (κ3) is 1.41. The Morgan fingerprint density at radius 3 is 2.93 bits per heavy atom. The Labute approximate surface area is 89.8 Å². The third-order valence-electron chi connectivity index (χ3n) is 2.34. The van der Waals surface area contributed by atoms with Gasteiger partial charge in [-0.1, -0.05) is 17.4 Å². The van der Waals surface area contributed by atoms with E-state index in [1.54, 1.807) is 12.3 Å². The third-order valence-corrected chi connectivity index (χ3v) is 3.25. The molecular weight excluding hydrogens is 206 g/mol. The van der Waals surface area contributed by atoms with Gasteiger partial charge >= 0.3 is 0 Å². The van der Waals surface area contributed by atoms with Gasteiger partial charge in [0.05, 0.1) is 5.52 Å². The van der Waals surface area contributed by atoms with Gasteiger partial charge < -0.3 is 0 Å². The van der Waals surface area contributed by atoms with Crippen LogP contribution in [0.2, 0.25) is 0 Å². The highest BCUT2D eigenvalue weighted by molar-refractivity contribution is 7.16. The normalized spacial score (nSPS) is 10.9. The SMILES string of the molecule is O=c1ccc2cc3cccnc3cc2s1. The van der Waals surface area contributed by atoms with Gasteiger partial charge in [0.1, 0.15) is 0 Å². The predicted octanol–water partition coefficient (Wildman–Crippen LogP) is 2.81. The van der Waals surface area contributed by atoms with Crippen LogP contribution in [0.1, 0.15) is 0 Å². The summed E-state index contributed by atoms with van der Waals surface area (Å²) in [6.07, 6.45) is 1.76. The Hall–Kier alpha value is -1.74. The zero-order valence-electron chi connectivity index (χ0n) is 7.81. The molecule has 0 atom stereocenters. The number of rotatable bonds is 0. The van der Waals surface area contributed by atoms with Crippen molar-refractivity contribution >= 4 is 32.3 Å². The monoisotopic (exact) mass is 213 g/mol. The highest BCUT2D eigenvalue weighted by atomic mass is 32.1. The summed E-state index contributed by atoms with van der Waals surface area (Å²) >= 11 is 1.26. The maximum atomic E-state index is 11.2. The van der Waals surface area contributed by atoms with E-state index in [0.29, 0.717) is 0 Å². The molecule has 0 amide bonds. The van der Waals surface area contributed by atoms with Gasteiger partial charge in [-0.15, -0.1) is 0 Å². The van der Waals surface area contributed by atoms with Crippen molar-refractivity contribution in [1.29, 1.82) is 0 Å². The van der Waals surface area contributed by atoms with E-state index in [1.165, 1.54) is 11.3 Å². The van der Waals surface area contributed by atoms with Crippen LogP contribution in [-0.4, -0.2) is 4.98 Å². The fraction of sp³-hybridized carbons (Fsp3) is 0. The molecule has 1 aromatic carbocycles. The van der Waals surface area contributed by atoms with Crippen LogP contribution < -0.4 is 4.74 Å². The summed E-state index contributed by atoms with van der Waals surface area (Å²) in [4.78, 5) is 15.5. The number of pyridine rings is 1. The van der Waals surface area contributed by atoms with Crippen LogP contribution in [-0.2, 0) is 0 Å². The molecule has 2 nitrogen and oxygen atoms in total. The number of aromatic nitrogens is 1. The van der Waals surface area contributed by atoms with E-state index in [1.807, 2.05) is 24.3 Å². The van der Waals surface area contributed by atoms with Gasteiger partial charge in [0.2, 0.25) is 4.74 Å². The van der Waals surface area contributed by atoms with E-state index >= 15 is 0 Å². The summed E-state index contributed by atoms with van der Waals surface area (Å²) in [5.74, 6) is 0. The van der Waals surface area contributed by atoms with Crippen molar-refractivity contribution in [3.05, 3.63) is 52.1 Å². The number of hydrogen-bond donors (Lipinski definition) is 0. The molecule has 2 aromatic heterocycles. The molecular formula is C12H7NOS. The van der Waals surface area contributed by atoms with Gasteiger partial charge in [0.25, 0.3) is 0 Å². The molecule has 0 aliphatic carbocycles. The Kier molecular flexibility index (Phi) is 1.79. The minimum absolute atomic E-state index is 0.0813. The van der Waals surface area contributed by atoms with Gasteiger partial charge in [-0.2, -0.15) is 0 Å². The fourth-order valence-corrected chi connectivity index (χ4v) is 2.41. The van der Waals surface area contributed by atoms with E-state index in [2.05, 4.69) is 11.1 Å². The summed E-state index contributed by atoms with van der Waals surface area (Å²) < 4.78 is 1.08. The molecule has 0 aliphatic heterocycles. The molecule has 0 N–H and O–H groups in total. The Morgan fingerprint density at radius 2 is 2.00 bits per heavy atom. The van der Waals surface area contributed by atoms with Crippen molar-refractivity contribution in [2.45, 2.75) is 0 Å². The van der Waals surface area contributed by atoms with Crippen LogP contribution in [0, 0.1) is 0 Å². The molecule has 3 rings (SSSR count). The first-order chi connectivity index (χ1) is 7.33. The highest BCUT2D eigenvalue weighted by Gasteiger charge is 1.99. The van der Waals surface area contributed by atoms with Gasteiger partial charge in [-0.05, 0) is 35.7 Å². The largest absolute Gasteiger partial charge is 0.278 e. The standard InChI is InChI=1S/C12H7NOS/c14-12-4-3-9-6-8-2-1-5-13-10(8)7-11(9)15-12/h1-7H. The molecule has 0 saturated carbocycles. The maximum absolute atomic E-state index is 11.2. The minimum atomic E-state index is 0.0813. The molecule has 72 valence electrons. The zero-order valence-corrected chi connectivity index (χ0v) is 8.62. The van der Waals surface area contributed by atoms with Gasteiger partial charge in [-0.25, -0.2) is 0 Å². The average Bonchev–Trinajstić information content (AvgIpc) is 2.26. The van der Waals surface area contributed by atoms with E-state index in [4.69, 9.17) is 0 Å². The van der Waals surface area contributed by atoms with Crippen molar-refractivity contribution in [3.8, 4) is 0 Å². The first-order valence-corrected chi connectivity index (χ1v) is 5.43. The lowest BCUT2D eigenvalue weighted by Crippen LogP contribution is -1.89. The second-order valence-electron chi connectivity index (χ2n) is 3.34. The van der Waals surface area contributed by atoms with E-state index in [9.17, 15) is 4.79 Å². The molecule has 0 bridgehead atoms. The quantitative estimate of drug-likeness (QED) is 0.537. The molecule has 0 unspecified atom stereocenters. The van der Waals surface area contributed by atoms with Crippen LogP contribution >= 0.6 is 11.3 Å². The number of hydrogen-bond acceptors (Lipinski definition) is 3. The zero-order chi connectivity index (χ0) is 10.3. The summed E-state index contributed by atoms with van der Waals surface area (Å²) in [5, 5.41) is 2.20. The second kappa shape index (κ2) is 3.14. The molecule has 3 aromatic rings. The smallest absolute Gasteiger partial charge is 0.232 e.